The highest BCUT2D eigenvalue weighted by molar-refractivity contribution is 5.75. The fourth-order valence-corrected chi connectivity index (χ4v) is 5.47. The van der Waals surface area contributed by atoms with Gasteiger partial charge in [-0.25, -0.2) is 4.57 Å². The molecule has 0 fully saturated rings. The molecule has 0 radical (unpaired) electrons. The number of fused-ring (bicyclic) bond motifs is 2. The molecule has 2 aliphatic heterocycles. The zero-order chi connectivity index (χ0) is 19.0. The number of ether oxygens (including phenoxy) is 1. The van der Waals surface area contributed by atoms with Gasteiger partial charge in [-0.1, -0.05) is 45.0 Å². The Morgan fingerprint density at radius 2 is 1.63 bits per heavy atom. The van der Waals surface area contributed by atoms with Gasteiger partial charge in [-0.05, 0) is 38.0 Å². The molecule has 2 unspecified atom stereocenters. The topological polar surface area (TPSA) is 18.0 Å². The lowest BCUT2D eigenvalue weighted by Crippen LogP contribution is -2.55. The standard InChI is InChI=1S/C24H27N2O/c1-6-23(3)17-12-10-14-20-21(17)26-18(16-11-8-9-13-19(16)27-20)15-25(5)22(26)24(23,4)7-2/h8-15H,6-7H2,1-5H3/q+1. The van der Waals surface area contributed by atoms with Crippen LogP contribution in [0.1, 0.15) is 51.9 Å². The van der Waals surface area contributed by atoms with E-state index in [1.807, 2.05) is 6.07 Å². The summed E-state index contributed by atoms with van der Waals surface area (Å²) in [5, 5.41) is 0. The van der Waals surface area contributed by atoms with Crippen LogP contribution in [0.2, 0.25) is 0 Å². The molecular formula is C24H27N2O+. The summed E-state index contributed by atoms with van der Waals surface area (Å²) in [6.07, 6.45) is 4.45. The number of imidazole rings is 1. The van der Waals surface area contributed by atoms with Crippen LogP contribution in [0, 0.1) is 0 Å². The smallest absolute Gasteiger partial charge is 0.268 e. The van der Waals surface area contributed by atoms with Crippen molar-refractivity contribution in [2.24, 2.45) is 7.05 Å². The molecule has 3 heterocycles. The number of nitrogens with zero attached hydrogens (tertiary/aromatic N) is 2. The molecule has 0 spiro atoms. The maximum atomic E-state index is 6.46. The summed E-state index contributed by atoms with van der Waals surface area (Å²) in [4.78, 5) is 0. The summed E-state index contributed by atoms with van der Waals surface area (Å²) in [5.74, 6) is 3.25. The quantitative estimate of drug-likeness (QED) is 0.437. The molecule has 0 aliphatic carbocycles. The maximum Gasteiger partial charge on any atom is 0.268 e. The van der Waals surface area contributed by atoms with Gasteiger partial charge in [0.25, 0.3) is 5.82 Å². The van der Waals surface area contributed by atoms with Crippen molar-refractivity contribution < 1.29 is 9.30 Å². The van der Waals surface area contributed by atoms with Gasteiger partial charge in [0.2, 0.25) is 0 Å². The number of benzene rings is 2. The van der Waals surface area contributed by atoms with Crippen molar-refractivity contribution in [1.82, 2.24) is 4.57 Å². The summed E-state index contributed by atoms with van der Waals surface area (Å²) in [5.41, 5.74) is 5.04. The van der Waals surface area contributed by atoms with Gasteiger partial charge >= 0.3 is 0 Å². The molecule has 5 rings (SSSR count). The minimum Gasteiger partial charge on any atom is -0.452 e. The van der Waals surface area contributed by atoms with Crippen LogP contribution in [0.4, 0.5) is 0 Å². The highest BCUT2D eigenvalue weighted by Gasteiger charge is 2.58. The van der Waals surface area contributed by atoms with Crippen molar-refractivity contribution >= 4 is 0 Å². The van der Waals surface area contributed by atoms with E-state index in [0.717, 1.165) is 29.9 Å². The predicted octanol–water partition coefficient (Wildman–Crippen LogP) is 5.42. The molecule has 138 valence electrons. The minimum atomic E-state index is 0.0274. The molecule has 0 saturated carbocycles. The van der Waals surface area contributed by atoms with Crippen molar-refractivity contribution in [2.75, 3.05) is 0 Å². The van der Waals surface area contributed by atoms with Gasteiger partial charge in [-0.2, -0.15) is 4.57 Å². The van der Waals surface area contributed by atoms with Crippen LogP contribution >= 0.6 is 0 Å². The average molecular weight is 359 g/mol. The van der Waals surface area contributed by atoms with Gasteiger partial charge in [-0.15, -0.1) is 0 Å². The fraction of sp³-hybridized carbons (Fsp3) is 0.375. The predicted molar refractivity (Wildman–Crippen MR) is 108 cm³/mol. The fourth-order valence-electron chi connectivity index (χ4n) is 5.47. The molecule has 2 aliphatic rings. The number of hydrogen-bond acceptors (Lipinski definition) is 1. The molecule has 0 saturated heterocycles. The monoisotopic (exact) mass is 359 g/mol. The van der Waals surface area contributed by atoms with Gasteiger partial charge in [0, 0.05) is 11.0 Å². The summed E-state index contributed by atoms with van der Waals surface area (Å²) in [7, 11) is 2.19. The second-order valence-corrected chi connectivity index (χ2v) is 8.41. The molecule has 3 aromatic rings. The van der Waals surface area contributed by atoms with Gasteiger partial charge in [0.05, 0.1) is 18.0 Å². The Morgan fingerprint density at radius 1 is 0.926 bits per heavy atom. The number of rotatable bonds is 2. The normalized spacial score (nSPS) is 24.6. The Kier molecular flexibility index (Phi) is 3.23. The number of para-hydroxylation sites is 2. The van der Waals surface area contributed by atoms with E-state index in [9.17, 15) is 0 Å². The van der Waals surface area contributed by atoms with Crippen LogP contribution in [-0.2, 0) is 17.9 Å². The van der Waals surface area contributed by atoms with E-state index in [0.29, 0.717) is 0 Å². The van der Waals surface area contributed by atoms with E-state index in [2.05, 4.69) is 86.5 Å². The van der Waals surface area contributed by atoms with Gasteiger partial charge in [0.1, 0.15) is 11.9 Å². The molecule has 0 N–H and O–H groups in total. The van der Waals surface area contributed by atoms with Crippen LogP contribution in [0.5, 0.6) is 11.5 Å². The Bertz CT molecular complexity index is 1080. The van der Waals surface area contributed by atoms with Crippen molar-refractivity contribution in [3.05, 3.63) is 60.0 Å². The molecule has 3 nitrogen and oxygen atoms in total. The molecule has 3 heteroatoms. The number of aromatic nitrogens is 2. The second-order valence-electron chi connectivity index (χ2n) is 8.41. The molecule has 0 amide bonds. The first-order valence-electron chi connectivity index (χ1n) is 9.99. The van der Waals surface area contributed by atoms with Crippen molar-refractivity contribution in [1.29, 1.82) is 0 Å². The third kappa shape index (κ3) is 1.80. The third-order valence-corrected chi connectivity index (χ3v) is 7.43. The Morgan fingerprint density at radius 3 is 2.37 bits per heavy atom. The van der Waals surface area contributed by atoms with E-state index in [1.165, 1.54) is 22.8 Å². The highest BCUT2D eigenvalue weighted by atomic mass is 16.5. The van der Waals surface area contributed by atoms with Crippen LogP contribution in [0.15, 0.2) is 48.7 Å². The van der Waals surface area contributed by atoms with Crippen molar-refractivity contribution in [3.8, 4) is 28.4 Å². The summed E-state index contributed by atoms with van der Waals surface area (Å²) < 4.78 is 11.3. The van der Waals surface area contributed by atoms with E-state index in [-0.39, 0.29) is 10.8 Å². The number of aryl methyl sites for hydroxylation is 1. The maximum absolute atomic E-state index is 6.46. The van der Waals surface area contributed by atoms with Gasteiger partial charge in [-0.3, -0.25) is 0 Å². The zero-order valence-corrected chi connectivity index (χ0v) is 16.8. The molecule has 2 aromatic carbocycles. The summed E-state index contributed by atoms with van der Waals surface area (Å²) in [6.45, 7) is 9.51. The largest absolute Gasteiger partial charge is 0.452 e. The van der Waals surface area contributed by atoms with Crippen LogP contribution in [0.25, 0.3) is 16.9 Å². The van der Waals surface area contributed by atoms with E-state index >= 15 is 0 Å². The molecule has 2 atom stereocenters. The van der Waals surface area contributed by atoms with Crippen LogP contribution in [0.3, 0.4) is 0 Å². The second kappa shape index (κ2) is 5.25. The number of hydrogen-bond donors (Lipinski definition) is 0. The summed E-state index contributed by atoms with van der Waals surface area (Å²) >= 11 is 0. The molecular weight excluding hydrogens is 332 g/mol. The highest BCUT2D eigenvalue weighted by Crippen LogP contribution is 2.57. The molecule has 0 bridgehead atoms. The first-order chi connectivity index (χ1) is 13.0. The Hall–Kier alpha value is -2.55. The lowest BCUT2D eigenvalue weighted by molar-refractivity contribution is -0.683. The lowest BCUT2D eigenvalue weighted by atomic mass is 9.57. The van der Waals surface area contributed by atoms with Gasteiger partial charge < -0.3 is 4.74 Å². The minimum absolute atomic E-state index is 0.0274. The van der Waals surface area contributed by atoms with E-state index < -0.39 is 0 Å². The summed E-state index contributed by atoms with van der Waals surface area (Å²) in [6, 6.07) is 15.0. The lowest BCUT2D eigenvalue weighted by Gasteiger charge is -2.47. The first-order valence-corrected chi connectivity index (χ1v) is 9.99. The Balaban J connectivity index is 2.01. The van der Waals surface area contributed by atoms with Crippen LogP contribution < -0.4 is 9.30 Å². The van der Waals surface area contributed by atoms with E-state index in [4.69, 9.17) is 4.74 Å². The zero-order valence-electron chi connectivity index (χ0n) is 16.8. The average Bonchev–Trinajstić information content (AvgIpc) is 2.97. The third-order valence-electron chi connectivity index (χ3n) is 7.43. The van der Waals surface area contributed by atoms with Gasteiger partial charge in [0.15, 0.2) is 17.1 Å². The van der Waals surface area contributed by atoms with Crippen molar-refractivity contribution in [3.63, 3.8) is 0 Å². The SMILES string of the molecule is CCC1(C)c2cccc3c2-n2c(c[n+](C)c2C1(C)CC)-c1ccccc1O3. The molecule has 27 heavy (non-hydrogen) atoms. The molecule has 1 aromatic heterocycles. The van der Waals surface area contributed by atoms with Crippen LogP contribution in [-0.4, -0.2) is 4.57 Å². The first kappa shape index (κ1) is 16.6. The van der Waals surface area contributed by atoms with Crippen molar-refractivity contribution in [2.45, 2.75) is 51.4 Å². The van der Waals surface area contributed by atoms with E-state index in [1.54, 1.807) is 0 Å². The Labute approximate surface area is 161 Å².